The molecule has 1 amide bonds. The molecular weight excluding hydrogens is 501 g/mol. The van der Waals surface area contributed by atoms with E-state index in [9.17, 15) is 14.7 Å². The average Bonchev–Trinajstić information content (AvgIpc) is 2.86. The van der Waals surface area contributed by atoms with Crippen LogP contribution < -0.4 is 15.4 Å². The summed E-state index contributed by atoms with van der Waals surface area (Å²) in [6.45, 7) is 0. The maximum atomic E-state index is 12.7. The van der Waals surface area contributed by atoms with Crippen LogP contribution in [-0.2, 0) is 11.2 Å². The molecule has 3 N–H and O–H groups in total. The van der Waals surface area contributed by atoms with Gasteiger partial charge in [-0.2, -0.15) is 0 Å². The predicted octanol–water partition coefficient (Wildman–Crippen LogP) is 5.97. The number of benzene rings is 2. The molecule has 0 bridgehead atoms. The molecule has 1 saturated carbocycles. The van der Waals surface area contributed by atoms with Crippen molar-refractivity contribution in [1.82, 2.24) is 10.3 Å². The highest BCUT2D eigenvalue weighted by Gasteiger charge is 2.34. The van der Waals surface area contributed by atoms with Crippen LogP contribution in [0, 0.1) is 0 Å². The Bertz CT molecular complexity index is 1180. The monoisotopic (exact) mass is 527 g/mol. The number of carboxylic acids is 1. The molecule has 1 heterocycles. The van der Waals surface area contributed by atoms with E-state index in [1.165, 1.54) is 12.1 Å². The number of halogens is 2. The Labute approximate surface area is 219 Å². The molecule has 1 aliphatic rings. The minimum Gasteiger partial charge on any atom is -0.480 e. The summed E-state index contributed by atoms with van der Waals surface area (Å²) in [7, 11) is 0. The third-order valence-electron chi connectivity index (χ3n) is 6.15. The Morgan fingerprint density at radius 3 is 2.28 bits per heavy atom. The lowest BCUT2D eigenvalue weighted by atomic mass is 9.91. The number of pyridine rings is 1. The van der Waals surface area contributed by atoms with Crippen molar-refractivity contribution in [3.63, 3.8) is 0 Å². The van der Waals surface area contributed by atoms with E-state index in [0.29, 0.717) is 5.75 Å². The number of nitrogens with zero attached hydrogens (tertiary/aromatic N) is 1. The van der Waals surface area contributed by atoms with Crippen molar-refractivity contribution >= 4 is 40.9 Å². The molecule has 9 heteroatoms. The number of ether oxygens (including phenoxy) is 1. The van der Waals surface area contributed by atoms with E-state index in [1.807, 2.05) is 30.3 Å². The molecule has 1 fully saturated rings. The summed E-state index contributed by atoms with van der Waals surface area (Å²) in [6, 6.07) is 16.5. The number of carbonyl (C=O) groups excluding carboxylic acids is 1. The van der Waals surface area contributed by atoms with Gasteiger partial charge in [-0.25, -0.2) is 9.78 Å². The fraction of sp³-hybridized carbons (Fsp3) is 0.296. The third-order valence-corrected chi connectivity index (χ3v) is 6.78. The molecule has 7 nitrogen and oxygen atoms in total. The van der Waals surface area contributed by atoms with Crippen LogP contribution in [0.2, 0.25) is 10.0 Å². The summed E-state index contributed by atoms with van der Waals surface area (Å²) < 4.78 is 6.44. The van der Waals surface area contributed by atoms with Crippen molar-refractivity contribution in [2.45, 2.75) is 50.3 Å². The SMILES string of the molecule is O=C(NC(Cc1ccc(OC2(Nc3ccccn3)CCCCC2)cc1)C(=O)O)c1c(Cl)cccc1Cl. The summed E-state index contributed by atoms with van der Waals surface area (Å²) in [5.74, 6) is -0.372. The number of aromatic nitrogens is 1. The van der Waals surface area contributed by atoms with Crippen molar-refractivity contribution < 1.29 is 19.4 Å². The number of carbonyl (C=O) groups is 2. The van der Waals surface area contributed by atoms with Crippen LogP contribution in [0.1, 0.15) is 48.0 Å². The summed E-state index contributed by atoms with van der Waals surface area (Å²) in [4.78, 5) is 28.9. The average molecular weight is 528 g/mol. The van der Waals surface area contributed by atoms with Gasteiger partial charge in [0, 0.05) is 25.5 Å². The van der Waals surface area contributed by atoms with Gasteiger partial charge in [0.25, 0.3) is 5.91 Å². The summed E-state index contributed by atoms with van der Waals surface area (Å²) in [5, 5.41) is 16.0. The smallest absolute Gasteiger partial charge is 0.326 e. The second-order valence-corrected chi connectivity index (χ2v) is 9.62. The zero-order valence-corrected chi connectivity index (χ0v) is 21.1. The second kappa shape index (κ2) is 11.6. The van der Waals surface area contributed by atoms with Gasteiger partial charge in [-0.05, 0) is 54.8 Å². The van der Waals surface area contributed by atoms with Crippen LogP contribution >= 0.6 is 23.2 Å². The normalized spacial score (nSPS) is 15.5. The minimum absolute atomic E-state index is 0.0500. The third kappa shape index (κ3) is 6.47. The lowest BCUT2D eigenvalue weighted by molar-refractivity contribution is -0.139. The predicted molar refractivity (Wildman–Crippen MR) is 140 cm³/mol. The van der Waals surface area contributed by atoms with Gasteiger partial charge >= 0.3 is 5.97 Å². The fourth-order valence-corrected chi connectivity index (χ4v) is 4.91. The van der Waals surface area contributed by atoms with Crippen LogP contribution in [0.5, 0.6) is 5.75 Å². The lowest BCUT2D eigenvalue weighted by Gasteiger charge is -2.38. The number of aliphatic carboxylic acids is 1. The molecule has 2 aromatic carbocycles. The Hall–Kier alpha value is -3.29. The zero-order valence-electron chi connectivity index (χ0n) is 19.5. The quantitative estimate of drug-likeness (QED) is 0.296. The maximum Gasteiger partial charge on any atom is 0.326 e. The molecule has 0 spiro atoms. The Morgan fingerprint density at radius 1 is 0.972 bits per heavy atom. The van der Waals surface area contributed by atoms with Crippen molar-refractivity contribution in [3.05, 3.63) is 88.0 Å². The summed E-state index contributed by atoms with van der Waals surface area (Å²) >= 11 is 12.2. The van der Waals surface area contributed by atoms with E-state index in [1.54, 1.807) is 24.4 Å². The Morgan fingerprint density at radius 2 is 1.67 bits per heavy atom. The molecular formula is C27H27Cl2N3O4. The molecule has 1 atom stereocenters. The molecule has 4 rings (SSSR count). The van der Waals surface area contributed by atoms with Crippen LogP contribution in [-0.4, -0.2) is 33.7 Å². The van der Waals surface area contributed by atoms with Crippen LogP contribution in [0.3, 0.4) is 0 Å². The van der Waals surface area contributed by atoms with E-state index in [0.717, 1.165) is 43.5 Å². The topological polar surface area (TPSA) is 101 Å². The molecule has 188 valence electrons. The first-order valence-electron chi connectivity index (χ1n) is 11.8. The minimum atomic E-state index is -1.16. The maximum absolute atomic E-state index is 12.7. The van der Waals surface area contributed by atoms with Gasteiger partial charge in [-0.1, -0.05) is 53.9 Å². The van der Waals surface area contributed by atoms with Gasteiger partial charge in [-0.15, -0.1) is 0 Å². The number of rotatable bonds is 9. The first-order chi connectivity index (χ1) is 17.3. The molecule has 36 heavy (non-hydrogen) atoms. The van der Waals surface area contributed by atoms with Crippen LogP contribution in [0.4, 0.5) is 5.82 Å². The highest BCUT2D eigenvalue weighted by molar-refractivity contribution is 6.39. The summed E-state index contributed by atoms with van der Waals surface area (Å²) in [6.07, 6.45) is 6.79. The van der Waals surface area contributed by atoms with Crippen LogP contribution in [0.15, 0.2) is 66.9 Å². The number of hydrogen-bond acceptors (Lipinski definition) is 5. The molecule has 0 saturated heterocycles. The number of carboxylic acid groups (broad SMARTS) is 1. The van der Waals surface area contributed by atoms with Gasteiger partial charge < -0.3 is 20.5 Å². The Balaban J connectivity index is 1.44. The van der Waals surface area contributed by atoms with Crippen LogP contribution in [0.25, 0.3) is 0 Å². The van der Waals surface area contributed by atoms with Crippen molar-refractivity contribution in [3.8, 4) is 5.75 Å². The van der Waals surface area contributed by atoms with Crippen molar-refractivity contribution in [2.24, 2.45) is 0 Å². The highest BCUT2D eigenvalue weighted by atomic mass is 35.5. The van der Waals surface area contributed by atoms with E-state index in [4.69, 9.17) is 27.9 Å². The van der Waals surface area contributed by atoms with E-state index in [2.05, 4.69) is 15.6 Å². The van der Waals surface area contributed by atoms with Gasteiger partial charge in [-0.3, -0.25) is 4.79 Å². The van der Waals surface area contributed by atoms with E-state index >= 15 is 0 Å². The lowest BCUT2D eigenvalue weighted by Crippen LogP contribution is -2.46. The van der Waals surface area contributed by atoms with Crippen molar-refractivity contribution in [1.29, 1.82) is 0 Å². The molecule has 0 radical (unpaired) electrons. The van der Waals surface area contributed by atoms with Gasteiger partial charge in [0.2, 0.25) is 0 Å². The first kappa shape index (κ1) is 25.8. The number of nitrogens with one attached hydrogen (secondary N) is 2. The second-order valence-electron chi connectivity index (χ2n) is 8.81. The molecule has 1 aromatic heterocycles. The molecule has 3 aromatic rings. The fourth-order valence-electron chi connectivity index (χ4n) is 4.35. The van der Waals surface area contributed by atoms with E-state index in [-0.39, 0.29) is 22.0 Å². The molecule has 1 unspecified atom stereocenters. The van der Waals surface area contributed by atoms with Gasteiger partial charge in [0.1, 0.15) is 17.6 Å². The van der Waals surface area contributed by atoms with Gasteiger partial charge in [0.15, 0.2) is 5.72 Å². The highest BCUT2D eigenvalue weighted by Crippen LogP contribution is 2.34. The van der Waals surface area contributed by atoms with Crippen molar-refractivity contribution in [2.75, 3.05) is 5.32 Å². The number of anilines is 1. The molecule has 1 aliphatic carbocycles. The summed E-state index contributed by atoms with van der Waals surface area (Å²) in [5.41, 5.74) is 0.226. The number of amides is 1. The zero-order chi connectivity index (χ0) is 25.5. The number of hydrogen-bond donors (Lipinski definition) is 3. The largest absolute Gasteiger partial charge is 0.480 e. The standard InChI is InChI=1S/C27H27Cl2N3O4/c28-20-7-6-8-21(29)24(20)25(33)31-22(26(34)35)17-18-10-12-19(13-11-18)36-27(14-3-1-4-15-27)32-23-9-2-5-16-30-23/h2,5-13,16,22H,1,3-4,14-15,17H2,(H,30,32)(H,31,33)(H,34,35). The first-order valence-corrected chi connectivity index (χ1v) is 12.6. The van der Waals surface area contributed by atoms with E-state index < -0.39 is 23.6 Å². The molecule has 0 aliphatic heterocycles. The van der Waals surface area contributed by atoms with Gasteiger partial charge in [0.05, 0.1) is 15.6 Å². The Kier molecular flexibility index (Phi) is 8.33.